The van der Waals surface area contributed by atoms with Crippen molar-refractivity contribution in [1.82, 2.24) is 19.8 Å². The molecule has 1 fully saturated rings. The normalized spacial score (nSPS) is 19.0. The molecule has 1 saturated heterocycles. The molecule has 24 heavy (non-hydrogen) atoms. The molecule has 2 aromatic rings. The number of carbonyl (C=O) groups is 1. The molecule has 0 spiro atoms. The molecule has 0 bridgehead atoms. The van der Waals surface area contributed by atoms with Crippen molar-refractivity contribution in [3.63, 3.8) is 0 Å². The topological polar surface area (TPSA) is 89.4 Å². The zero-order valence-corrected chi connectivity index (χ0v) is 13.3. The highest BCUT2D eigenvalue weighted by Crippen LogP contribution is 2.31. The smallest absolute Gasteiger partial charge is 0.369 e. The molecule has 1 atom stereocenters. The minimum Gasteiger partial charge on any atom is -0.369 e. The number of halogens is 3. The molecule has 1 unspecified atom stereocenters. The number of nitrogens with two attached hydrogens (primary N) is 1. The van der Waals surface area contributed by atoms with Gasteiger partial charge in [-0.2, -0.15) is 17.7 Å². The van der Waals surface area contributed by atoms with Crippen molar-refractivity contribution < 1.29 is 18.0 Å². The molecule has 1 aliphatic rings. The molecule has 130 valence electrons. The molecule has 1 amide bonds. The first-order valence-corrected chi connectivity index (χ1v) is 7.54. The minimum absolute atomic E-state index is 0.0760. The summed E-state index contributed by atoms with van der Waals surface area (Å²) in [5.41, 5.74) is 6.74. The second-order valence-corrected chi connectivity index (χ2v) is 6.02. The Balaban J connectivity index is 2.11. The van der Waals surface area contributed by atoms with Gasteiger partial charge in [-0.1, -0.05) is 0 Å². The zero-order chi connectivity index (χ0) is 17.6. The third-order valence-electron chi connectivity index (χ3n) is 4.45. The fourth-order valence-electron chi connectivity index (χ4n) is 2.99. The van der Waals surface area contributed by atoms with E-state index in [9.17, 15) is 18.0 Å². The summed E-state index contributed by atoms with van der Waals surface area (Å²) in [6.07, 6.45) is -3.25. The average Bonchev–Trinajstić information content (AvgIpc) is 2.95. The van der Waals surface area contributed by atoms with E-state index in [0.29, 0.717) is 36.5 Å². The first-order chi connectivity index (χ1) is 11.2. The van der Waals surface area contributed by atoms with Gasteiger partial charge in [0.25, 0.3) is 5.82 Å². The molecule has 3 heterocycles. The zero-order valence-electron chi connectivity index (χ0n) is 13.3. The van der Waals surface area contributed by atoms with E-state index < -0.39 is 17.9 Å². The van der Waals surface area contributed by atoms with Crippen LogP contribution >= 0.6 is 0 Å². The molecule has 10 heteroatoms. The molecule has 0 radical (unpaired) electrons. The average molecular weight is 342 g/mol. The van der Waals surface area contributed by atoms with E-state index in [1.165, 1.54) is 0 Å². The van der Waals surface area contributed by atoms with Gasteiger partial charge in [-0.15, -0.1) is 15.3 Å². The summed E-state index contributed by atoms with van der Waals surface area (Å²) in [6, 6.07) is 0. The number of hydrogen-bond donors (Lipinski definition) is 1. The SMILES string of the molecule is Cc1c(N2CCCC(C(N)=O)C2)nn2c(C(F)(F)F)nnc2c1C. The van der Waals surface area contributed by atoms with Crippen molar-refractivity contribution in [2.75, 3.05) is 18.0 Å². The summed E-state index contributed by atoms with van der Waals surface area (Å²) >= 11 is 0. The molecular formula is C14H17F3N6O. The molecule has 0 aliphatic carbocycles. The van der Waals surface area contributed by atoms with Gasteiger partial charge in [0.05, 0.1) is 5.92 Å². The lowest BCUT2D eigenvalue weighted by Gasteiger charge is -2.33. The van der Waals surface area contributed by atoms with Crippen LogP contribution in [0.15, 0.2) is 0 Å². The lowest BCUT2D eigenvalue weighted by atomic mass is 9.97. The maximum absolute atomic E-state index is 13.1. The number of hydrogen-bond acceptors (Lipinski definition) is 5. The van der Waals surface area contributed by atoms with E-state index in [0.717, 1.165) is 10.9 Å². The van der Waals surface area contributed by atoms with E-state index in [2.05, 4.69) is 15.3 Å². The van der Waals surface area contributed by atoms with Gasteiger partial charge in [0.15, 0.2) is 11.5 Å². The van der Waals surface area contributed by atoms with Crippen molar-refractivity contribution >= 4 is 17.4 Å². The van der Waals surface area contributed by atoms with Crippen LogP contribution in [0.4, 0.5) is 19.0 Å². The van der Waals surface area contributed by atoms with Crippen molar-refractivity contribution in [2.45, 2.75) is 32.9 Å². The second-order valence-electron chi connectivity index (χ2n) is 6.02. The molecule has 2 aromatic heterocycles. The monoisotopic (exact) mass is 342 g/mol. The lowest BCUT2D eigenvalue weighted by molar-refractivity contribution is -0.146. The Labute approximate surface area is 135 Å². The highest BCUT2D eigenvalue weighted by atomic mass is 19.4. The van der Waals surface area contributed by atoms with Gasteiger partial charge in [-0.3, -0.25) is 4.79 Å². The summed E-state index contributed by atoms with van der Waals surface area (Å²) in [5, 5.41) is 11.0. The summed E-state index contributed by atoms with van der Waals surface area (Å²) in [5.74, 6) is -1.50. The van der Waals surface area contributed by atoms with E-state index >= 15 is 0 Å². The number of amides is 1. The minimum atomic E-state index is -4.65. The third kappa shape index (κ3) is 2.65. The Morgan fingerprint density at radius 3 is 2.58 bits per heavy atom. The highest BCUT2D eigenvalue weighted by molar-refractivity contribution is 5.77. The largest absolute Gasteiger partial charge is 0.453 e. The number of alkyl halides is 3. The number of aromatic nitrogens is 4. The van der Waals surface area contributed by atoms with Crippen molar-refractivity contribution in [2.24, 2.45) is 11.7 Å². The number of aryl methyl sites for hydroxylation is 1. The van der Waals surface area contributed by atoms with E-state index in [-0.39, 0.29) is 11.6 Å². The third-order valence-corrected chi connectivity index (χ3v) is 4.45. The van der Waals surface area contributed by atoms with Crippen LogP contribution in [0.1, 0.15) is 29.8 Å². The quantitative estimate of drug-likeness (QED) is 0.892. The van der Waals surface area contributed by atoms with Crippen molar-refractivity contribution in [3.05, 3.63) is 17.0 Å². The van der Waals surface area contributed by atoms with Crippen LogP contribution in [-0.2, 0) is 11.0 Å². The molecular weight excluding hydrogens is 325 g/mol. The van der Waals surface area contributed by atoms with Crippen LogP contribution in [0.3, 0.4) is 0 Å². The number of carbonyl (C=O) groups excluding carboxylic acids is 1. The van der Waals surface area contributed by atoms with Crippen LogP contribution in [0, 0.1) is 19.8 Å². The highest BCUT2D eigenvalue weighted by Gasteiger charge is 2.38. The number of piperidine rings is 1. The Kier molecular flexibility index (Phi) is 3.84. The molecule has 0 saturated carbocycles. The summed E-state index contributed by atoms with van der Waals surface area (Å²) in [6.45, 7) is 4.40. The Morgan fingerprint density at radius 1 is 1.25 bits per heavy atom. The fraction of sp³-hybridized carbons (Fsp3) is 0.571. The van der Waals surface area contributed by atoms with Gasteiger partial charge in [0, 0.05) is 24.2 Å². The van der Waals surface area contributed by atoms with Gasteiger partial charge < -0.3 is 10.6 Å². The number of nitrogens with zero attached hydrogens (tertiary/aromatic N) is 5. The van der Waals surface area contributed by atoms with Crippen LogP contribution < -0.4 is 10.6 Å². The van der Waals surface area contributed by atoms with E-state index in [1.807, 2.05) is 0 Å². The number of primary amides is 1. The summed E-state index contributed by atoms with van der Waals surface area (Å²) in [7, 11) is 0. The van der Waals surface area contributed by atoms with Gasteiger partial charge in [0.1, 0.15) is 0 Å². The molecule has 7 nitrogen and oxygen atoms in total. The van der Waals surface area contributed by atoms with E-state index in [1.54, 1.807) is 18.7 Å². The molecule has 1 aliphatic heterocycles. The molecule has 3 rings (SSSR count). The van der Waals surface area contributed by atoms with Crippen molar-refractivity contribution in [3.8, 4) is 0 Å². The predicted octanol–water partition coefficient (Wildman–Crippen LogP) is 1.46. The first-order valence-electron chi connectivity index (χ1n) is 7.54. The number of anilines is 1. The Morgan fingerprint density at radius 2 is 1.96 bits per heavy atom. The van der Waals surface area contributed by atoms with Gasteiger partial charge in [-0.05, 0) is 26.7 Å². The Hall–Kier alpha value is -2.39. The summed E-state index contributed by atoms with van der Waals surface area (Å²) in [4.78, 5) is 13.2. The summed E-state index contributed by atoms with van der Waals surface area (Å²) < 4.78 is 40.0. The van der Waals surface area contributed by atoms with Crippen LogP contribution in [0.2, 0.25) is 0 Å². The van der Waals surface area contributed by atoms with Crippen LogP contribution in [0.5, 0.6) is 0 Å². The molecule has 0 aromatic carbocycles. The van der Waals surface area contributed by atoms with Gasteiger partial charge >= 0.3 is 6.18 Å². The molecule has 2 N–H and O–H groups in total. The van der Waals surface area contributed by atoms with Crippen LogP contribution in [-0.4, -0.2) is 38.8 Å². The van der Waals surface area contributed by atoms with Gasteiger partial charge in [-0.25, -0.2) is 0 Å². The Bertz CT molecular complexity index is 800. The van der Waals surface area contributed by atoms with Gasteiger partial charge in [0.2, 0.25) is 5.91 Å². The van der Waals surface area contributed by atoms with Crippen LogP contribution in [0.25, 0.3) is 5.65 Å². The number of rotatable bonds is 2. The maximum atomic E-state index is 13.1. The fourth-order valence-corrected chi connectivity index (χ4v) is 2.99. The first kappa shape index (κ1) is 16.5. The standard InChI is InChI=1S/C14H17F3N6O/c1-7-8(2)12(22-5-3-4-9(6-22)10(18)24)21-23-11(7)19-20-13(23)14(15,16)17/h9H,3-6H2,1-2H3,(H2,18,24). The van der Waals surface area contributed by atoms with Crippen molar-refractivity contribution in [1.29, 1.82) is 0 Å². The number of fused-ring (bicyclic) bond motifs is 1. The van der Waals surface area contributed by atoms with E-state index in [4.69, 9.17) is 5.73 Å². The second kappa shape index (κ2) is 5.60. The predicted molar refractivity (Wildman–Crippen MR) is 79.4 cm³/mol. The maximum Gasteiger partial charge on any atom is 0.453 e. The lowest BCUT2D eigenvalue weighted by Crippen LogP contribution is -2.42.